The van der Waals surface area contributed by atoms with Crippen molar-refractivity contribution in [2.24, 2.45) is 5.92 Å². The average Bonchev–Trinajstić information content (AvgIpc) is 1.81. The van der Waals surface area contributed by atoms with Crippen molar-refractivity contribution < 1.29 is 4.74 Å². The summed E-state index contributed by atoms with van der Waals surface area (Å²) in [7, 11) is 3.93. The molecule has 1 heterocycles. The molecule has 2 heteroatoms. The second-order valence-electron chi connectivity index (χ2n) is 3.73. The van der Waals surface area contributed by atoms with Gasteiger partial charge in [-0.3, -0.25) is 0 Å². The maximum Gasteiger partial charge on any atom is 0.0675 e. The predicted molar refractivity (Wildman–Crippen MR) is 42.1 cm³/mol. The summed E-state index contributed by atoms with van der Waals surface area (Å²) in [4.78, 5) is 2.31. The minimum absolute atomic E-state index is 0.0759. The van der Waals surface area contributed by atoms with Crippen LogP contribution in [0.25, 0.3) is 0 Å². The molecule has 0 saturated carbocycles. The molecule has 1 fully saturated rings. The van der Waals surface area contributed by atoms with Gasteiger partial charge in [0.05, 0.1) is 5.60 Å². The number of nitrogens with zero attached hydrogens (tertiary/aromatic N) is 1. The van der Waals surface area contributed by atoms with Crippen molar-refractivity contribution in [1.82, 2.24) is 4.90 Å². The maximum atomic E-state index is 5.36. The monoisotopic (exact) mass is 143 g/mol. The highest BCUT2D eigenvalue weighted by molar-refractivity contribution is 4.89. The molecule has 0 aliphatic carbocycles. The molecule has 1 saturated heterocycles. The van der Waals surface area contributed by atoms with E-state index in [0.29, 0.717) is 0 Å². The zero-order valence-corrected chi connectivity index (χ0v) is 7.35. The molecule has 1 rings (SSSR count). The van der Waals surface area contributed by atoms with Gasteiger partial charge in [-0.2, -0.15) is 0 Å². The SMILES string of the molecule is COC(C)(C)C1CN(C)C1. The third-order valence-electron chi connectivity index (χ3n) is 2.57. The topological polar surface area (TPSA) is 12.5 Å². The van der Waals surface area contributed by atoms with Crippen LogP contribution in [0.15, 0.2) is 0 Å². The molecule has 0 aromatic heterocycles. The molecule has 10 heavy (non-hydrogen) atoms. The summed E-state index contributed by atoms with van der Waals surface area (Å²) < 4.78 is 5.36. The number of ether oxygens (including phenoxy) is 1. The van der Waals surface area contributed by atoms with E-state index in [0.717, 1.165) is 5.92 Å². The lowest BCUT2D eigenvalue weighted by Gasteiger charge is -2.45. The highest BCUT2D eigenvalue weighted by Gasteiger charge is 2.36. The second kappa shape index (κ2) is 2.51. The lowest BCUT2D eigenvalue weighted by Crippen LogP contribution is -2.54. The van der Waals surface area contributed by atoms with Gasteiger partial charge < -0.3 is 9.64 Å². The molecule has 0 aromatic rings. The fraction of sp³-hybridized carbons (Fsp3) is 1.00. The fourth-order valence-corrected chi connectivity index (χ4v) is 1.31. The minimum atomic E-state index is 0.0759. The van der Waals surface area contributed by atoms with E-state index in [2.05, 4.69) is 25.8 Å². The van der Waals surface area contributed by atoms with Crippen molar-refractivity contribution in [2.75, 3.05) is 27.2 Å². The molecule has 0 spiro atoms. The molecule has 0 atom stereocenters. The molecule has 0 radical (unpaired) electrons. The van der Waals surface area contributed by atoms with E-state index in [1.165, 1.54) is 13.1 Å². The van der Waals surface area contributed by atoms with Crippen LogP contribution in [0, 0.1) is 5.92 Å². The molecule has 0 bridgehead atoms. The number of methoxy groups -OCH3 is 1. The number of rotatable bonds is 2. The molecule has 60 valence electrons. The maximum absolute atomic E-state index is 5.36. The molecule has 1 aliphatic rings. The van der Waals surface area contributed by atoms with Crippen LogP contribution in [0.2, 0.25) is 0 Å². The normalized spacial score (nSPS) is 22.8. The summed E-state index contributed by atoms with van der Waals surface area (Å²) >= 11 is 0. The first-order valence-corrected chi connectivity index (χ1v) is 3.80. The van der Waals surface area contributed by atoms with Crippen LogP contribution in [-0.4, -0.2) is 37.7 Å². The average molecular weight is 143 g/mol. The van der Waals surface area contributed by atoms with E-state index in [1.807, 2.05) is 0 Å². The number of likely N-dealkylation sites (tertiary alicyclic amines) is 1. The molecule has 0 N–H and O–H groups in total. The van der Waals surface area contributed by atoms with Crippen molar-refractivity contribution in [1.29, 1.82) is 0 Å². The van der Waals surface area contributed by atoms with Crippen molar-refractivity contribution in [3.8, 4) is 0 Å². The zero-order chi connectivity index (χ0) is 7.78. The lowest BCUT2D eigenvalue weighted by atomic mass is 9.85. The Morgan fingerprint density at radius 1 is 1.40 bits per heavy atom. The van der Waals surface area contributed by atoms with Gasteiger partial charge in [-0.25, -0.2) is 0 Å². The van der Waals surface area contributed by atoms with Crippen LogP contribution in [0.5, 0.6) is 0 Å². The first kappa shape index (κ1) is 8.02. The fourth-order valence-electron chi connectivity index (χ4n) is 1.31. The molecule has 0 aromatic carbocycles. The molecular formula is C8H17NO. The van der Waals surface area contributed by atoms with E-state index >= 15 is 0 Å². The van der Waals surface area contributed by atoms with E-state index in [-0.39, 0.29) is 5.60 Å². The summed E-state index contributed by atoms with van der Waals surface area (Å²) in [5.41, 5.74) is 0.0759. The van der Waals surface area contributed by atoms with Crippen molar-refractivity contribution in [3.63, 3.8) is 0 Å². The molecule has 1 aliphatic heterocycles. The third-order valence-corrected chi connectivity index (χ3v) is 2.57. The van der Waals surface area contributed by atoms with E-state index in [1.54, 1.807) is 7.11 Å². The van der Waals surface area contributed by atoms with Gasteiger partial charge in [0.2, 0.25) is 0 Å². The standard InChI is InChI=1S/C8H17NO/c1-8(2,10-4)7-5-9(3)6-7/h7H,5-6H2,1-4H3. The Hall–Kier alpha value is -0.0800. The van der Waals surface area contributed by atoms with Crippen molar-refractivity contribution in [2.45, 2.75) is 19.4 Å². The Labute approximate surface area is 63.2 Å². The number of hydrogen-bond donors (Lipinski definition) is 0. The van der Waals surface area contributed by atoms with E-state index < -0.39 is 0 Å². The first-order chi connectivity index (χ1) is 4.56. The minimum Gasteiger partial charge on any atom is -0.378 e. The summed E-state index contributed by atoms with van der Waals surface area (Å²) in [6, 6.07) is 0. The summed E-state index contributed by atoms with van der Waals surface area (Å²) in [5.74, 6) is 0.725. The van der Waals surface area contributed by atoms with Crippen LogP contribution < -0.4 is 0 Å². The van der Waals surface area contributed by atoms with E-state index in [9.17, 15) is 0 Å². The Bertz CT molecular complexity index is 116. The van der Waals surface area contributed by atoms with Crippen LogP contribution >= 0.6 is 0 Å². The van der Waals surface area contributed by atoms with Gasteiger partial charge in [0, 0.05) is 26.1 Å². The third kappa shape index (κ3) is 1.32. The Kier molecular flexibility index (Phi) is 2.02. The van der Waals surface area contributed by atoms with Crippen LogP contribution in [0.3, 0.4) is 0 Å². The Morgan fingerprint density at radius 2 is 1.90 bits per heavy atom. The van der Waals surface area contributed by atoms with Crippen LogP contribution in [-0.2, 0) is 4.74 Å². The van der Waals surface area contributed by atoms with Crippen molar-refractivity contribution in [3.05, 3.63) is 0 Å². The largest absolute Gasteiger partial charge is 0.378 e. The second-order valence-corrected chi connectivity index (χ2v) is 3.73. The summed E-state index contributed by atoms with van der Waals surface area (Å²) in [5, 5.41) is 0. The van der Waals surface area contributed by atoms with Gasteiger partial charge in [-0.05, 0) is 20.9 Å². The molecule has 0 unspecified atom stereocenters. The van der Waals surface area contributed by atoms with Gasteiger partial charge in [0.25, 0.3) is 0 Å². The summed E-state index contributed by atoms with van der Waals surface area (Å²) in [6.07, 6.45) is 0. The number of hydrogen-bond acceptors (Lipinski definition) is 2. The van der Waals surface area contributed by atoms with E-state index in [4.69, 9.17) is 4.74 Å². The highest BCUT2D eigenvalue weighted by Crippen LogP contribution is 2.27. The Morgan fingerprint density at radius 3 is 2.20 bits per heavy atom. The quantitative estimate of drug-likeness (QED) is 0.571. The molecule has 2 nitrogen and oxygen atoms in total. The highest BCUT2D eigenvalue weighted by atomic mass is 16.5. The van der Waals surface area contributed by atoms with Gasteiger partial charge in [-0.1, -0.05) is 0 Å². The first-order valence-electron chi connectivity index (χ1n) is 3.80. The smallest absolute Gasteiger partial charge is 0.0675 e. The van der Waals surface area contributed by atoms with Gasteiger partial charge in [0.15, 0.2) is 0 Å². The zero-order valence-electron chi connectivity index (χ0n) is 7.35. The lowest BCUT2D eigenvalue weighted by molar-refractivity contribution is -0.0807. The van der Waals surface area contributed by atoms with Gasteiger partial charge in [0.1, 0.15) is 0 Å². The summed E-state index contributed by atoms with van der Waals surface area (Å²) in [6.45, 7) is 6.68. The molecule has 0 amide bonds. The van der Waals surface area contributed by atoms with Crippen molar-refractivity contribution >= 4 is 0 Å². The van der Waals surface area contributed by atoms with Gasteiger partial charge in [-0.15, -0.1) is 0 Å². The molecular weight excluding hydrogens is 126 g/mol. The van der Waals surface area contributed by atoms with Gasteiger partial charge >= 0.3 is 0 Å². The Balaban J connectivity index is 2.36. The van der Waals surface area contributed by atoms with Crippen LogP contribution in [0.4, 0.5) is 0 Å². The predicted octanol–water partition coefficient (Wildman–Crippen LogP) is 0.973. The van der Waals surface area contributed by atoms with Crippen LogP contribution in [0.1, 0.15) is 13.8 Å².